The van der Waals surface area contributed by atoms with Crippen molar-refractivity contribution in [2.24, 2.45) is 0 Å². The summed E-state index contributed by atoms with van der Waals surface area (Å²) in [5.74, 6) is -1.08. The number of hydrogen-bond acceptors (Lipinski definition) is 4. The molecule has 0 unspecified atom stereocenters. The predicted molar refractivity (Wildman–Crippen MR) is 72.7 cm³/mol. The van der Waals surface area contributed by atoms with E-state index in [-0.39, 0.29) is 16.8 Å². The Kier molecular flexibility index (Phi) is 2.64. The molecule has 6 heteroatoms. The molecule has 0 aliphatic carbocycles. The zero-order valence-electron chi connectivity index (χ0n) is 10.6. The Balaban J connectivity index is 2.38. The lowest BCUT2D eigenvalue weighted by Crippen LogP contribution is -2.01. The molecular weight excluding hydrogens is 258 g/mol. The fraction of sp³-hybridized carbons (Fsp3) is 0.0714. The number of nitrogens with one attached hydrogen (secondary N) is 1. The van der Waals surface area contributed by atoms with Gasteiger partial charge in [0.15, 0.2) is 0 Å². The minimum Gasteiger partial charge on any atom is -0.507 e. The van der Waals surface area contributed by atoms with Gasteiger partial charge >= 0.3 is 5.97 Å². The summed E-state index contributed by atoms with van der Waals surface area (Å²) < 4.78 is 0. The third-order valence-corrected chi connectivity index (χ3v) is 3.15. The van der Waals surface area contributed by atoms with E-state index in [1.54, 1.807) is 30.3 Å². The van der Waals surface area contributed by atoms with Gasteiger partial charge in [-0.05, 0) is 25.1 Å². The van der Waals surface area contributed by atoms with Crippen molar-refractivity contribution in [2.45, 2.75) is 6.92 Å². The van der Waals surface area contributed by atoms with Gasteiger partial charge in [0, 0.05) is 11.1 Å². The number of benzene rings is 2. The highest BCUT2D eigenvalue weighted by atomic mass is 16.4. The number of fused-ring (bicyclic) bond motifs is 1. The van der Waals surface area contributed by atoms with Crippen LogP contribution in [0.2, 0.25) is 0 Å². The lowest BCUT2D eigenvalue weighted by Gasteiger charge is -2.09. The van der Waals surface area contributed by atoms with Crippen molar-refractivity contribution in [3.8, 4) is 16.9 Å². The molecule has 1 aromatic heterocycles. The largest absolute Gasteiger partial charge is 0.507 e. The van der Waals surface area contributed by atoms with E-state index in [1.807, 2.05) is 6.92 Å². The number of aromatic amines is 1. The second kappa shape index (κ2) is 4.34. The van der Waals surface area contributed by atoms with Gasteiger partial charge < -0.3 is 10.2 Å². The van der Waals surface area contributed by atoms with E-state index in [2.05, 4.69) is 15.4 Å². The number of carboxylic acids is 1. The molecule has 0 atom stereocenters. The van der Waals surface area contributed by atoms with E-state index in [9.17, 15) is 15.0 Å². The highest BCUT2D eigenvalue weighted by Crippen LogP contribution is 2.34. The van der Waals surface area contributed by atoms with Gasteiger partial charge in [-0.2, -0.15) is 0 Å². The summed E-state index contributed by atoms with van der Waals surface area (Å²) in [6.45, 7) is 1.87. The molecule has 0 fully saturated rings. The Hall–Kier alpha value is -2.89. The molecule has 20 heavy (non-hydrogen) atoms. The third-order valence-electron chi connectivity index (χ3n) is 3.15. The monoisotopic (exact) mass is 269 g/mol. The second-order valence-electron chi connectivity index (χ2n) is 4.52. The summed E-state index contributed by atoms with van der Waals surface area (Å²) in [6, 6.07) is 8.37. The number of carboxylic acid groups (broad SMARTS) is 1. The van der Waals surface area contributed by atoms with Gasteiger partial charge in [0.05, 0.1) is 11.1 Å². The zero-order valence-corrected chi connectivity index (χ0v) is 10.6. The maximum Gasteiger partial charge on any atom is 0.338 e. The molecule has 0 aliphatic heterocycles. The van der Waals surface area contributed by atoms with E-state index in [0.29, 0.717) is 16.6 Å². The van der Waals surface area contributed by atoms with Crippen LogP contribution in [-0.2, 0) is 0 Å². The van der Waals surface area contributed by atoms with Crippen LogP contribution in [0.4, 0.5) is 0 Å². The molecule has 6 nitrogen and oxygen atoms in total. The average Bonchev–Trinajstić information content (AvgIpc) is 2.88. The molecule has 3 rings (SSSR count). The molecule has 3 aromatic rings. The van der Waals surface area contributed by atoms with Crippen molar-refractivity contribution in [2.75, 3.05) is 0 Å². The second-order valence-corrected chi connectivity index (χ2v) is 4.52. The summed E-state index contributed by atoms with van der Waals surface area (Å²) in [6.07, 6.45) is 0. The van der Waals surface area contributed by atoms with Crippen molar-refractivity contribution >= 4 is 17.0 Å². The zero-order chi connectivity index (χ0) is 14.3. The van der Waals surface area contributed by atoms with Gasteiger partial charge in [-0.15, -0.1) is 5.10 Å². The first-order chi connectivity index (χ1) is 9.58. The van der Waals surface area contributed by atoms with Crippen molar-refractivity contribution < 1.29 is 15.0 Å². The third kappa shape index (κ3) is 1.78. The molecule has 3 N–H and O–H groups in total. The molecule has 0 aliphatic rings. The van der Waals surface area contributed by atoms with Crippen LogP contribution in [0.3, 0.4) is 0 Å². The molecule has 0 radical (unpaired) electrons. The SMILES string of the molecule is Cc1ccc(O)c(-c2ccc3[nH]nnc3c2C(=O)O)c1. The van der Waals surface area contributed by atoms with Crippen LogP contribution < -0.4 is 0 Å². The van der Waals surface area contributed by atoms with Crippen LogP contribution in [0.5, 0.6) is 5.75 Å². The molecule has 0 amide bonds. The summed E-state index contributed by atoms with van der Waals surface area (Å²) in [5, 5.41) is 29.5. The molecule has 2 aromatic carbocycles. The van der Waals surface area contributed by atoms with E-state index >= 15 is 0 Å². The fourth-order valence-corrected chi connectivity index (χ4v) is 2.22. The molecule has 0 spiro atoms. The van der Waals surface area contributed by atoms with Gasteiger partial charge in [0.25, 0.3) is 0 Å². The van der Waals surface area contributed by atoms with Gasteiger partial charge in [-0.25, -0.2) is 4.79 Å². The molecular formula is C14H11N3O3. The van der Waals surface area contributed by atoms with E-state index < -0.39 is 5.97 Å². The van der Waals surface area contributed by atoms with Crippen LogP contribution in [-0.4, -0.2) is 31.6 Å². The molecule has 100 valence electrons. The lowest BCUT2D eigenvalue weighted by atomic mass is 9.96. The predicted octanol–water partition coefficient (Wildman–Crippen LogP) is 2.34. The fourth-order valence-electron chi connectivity index (χ4n) is 2.22. The van der Waals surface area contributed by atoms with Gasteiger partial charge in [0.2, 0.25) is 0 Å². The maximum atomic E-state index is 11.5. The van der Waals surface area contributed by atoms with E-state index in [1.165, 1.54) is 0 Å². The van der Waals surface area contributed by atoms with E-state index in [0.717, 1.165) is 5.56 Å². The first-order valence-electron chi connectivity index (χ1n) is 5.95. The number of phenolic OH excluding ortho intramolecular Hbond substituents is 1. The standard InChI is InChI=1S/C14H11N3O3/c1-7-2-5-11(18)9(6-7)8-3-4-10-13(16-17-15-10)12(8)14(19)20/h2-6,18H,1H3,(H,19,20)(H,15,16,17). The molecule has 1 heterocycles. The number of H-pyrrole nitrogens is 1. The van der Waals surface area contributed by atoms with Gasteiger partial charge in [-0.1, -0.05) is 22.9 Å². The Morgan fingerprint density at radius 1 is 1.20 bits per heavy atom. The van der Waals surface area contributed by atoms with Crippen LogP contribution >= 0.6 is 0 Å². The topological polar surface area (TPSA) is 99.1 Å². The summed E-state index contributed by atoms with van der Waals surface area (Å²) in [7, 11) is 0. The highest BCUT2D eigenvalue weighted by molar-refractivity contribution is 6.07. The number of hydrogen-bond donors (Lipinski definition) is 3. The first kappa shape index (κ1) is 12.2. The van der Waals surface area contributed by atoms with Crippen molar-refractivity contribution in [1.82, 2.24) is 15.4 Å². The lowest BCUT2D eigenvalue weighted by molar-refractivity contribution is 0.0699. The average molecular weight is 269 g/mol. The summed E-state index contributed by atoms with van der Waals surface area (Å²) >= 11 is 0. The number of nitrogens with zero attached hydrogens (tertiary/aromatic N) is 2. The van der Waals surface area contributed by atoms with Crippen LogP contribution in [0.25, 0.3) is 22.2 Å². The normalized spacial score (nSPS) is 10.8. The minimum atomic E-state index is -1.11. The number of aromatic hydroxyl groups is 1. The molecule has 0 saturated heterocycles. The summed E-state index contributed by atoms with van der Waals surface area (Å²) in [4.78, 5) is 11.5. The first-order valence-corrected chi connectivity index (χ1v) is 5.95. The van der Waals surface area contributed by atoms with Gasteiger partial charge in [-0.3, -0.25) is 5.10 Å². The Morgan fingerprint density at radius 2 is 2.00 bits per heavy atom. The highest BCUT2D eigenvalue weighted by Gasteiger charge is 2.20. The van der Waals surface area contributed by atoms with Crippen LogP contribution in [0.1, 0.15) is 15.9 Å². The van der Waals surface area contributed by atoms with Crippen molar-refractivity contribution in [3.05, 3.63) is 41.5 Å². The molecule has 0 bridgehead atoms. The van der Waals surface area contributed by atoms with Crippen molar-refractivity contribution in [1.29, 1.82) is 0 Å². The Bertz CT molecular complexity index is 824. The Labute approximate surface area is 113 Å². The van der Waals surface area contributed by atoms with Crippen LogP contribution in [0.15, 0.2) is 30.3 Å². The van der Waals surface area contributed by atoms with E-state index in [4.69, 9.17) is 0 Å². The number of aromatic carboxylic acids is 1. The smallest absolute Gasteiger partial charge is 0.338 e. The quantitative estimate of drug-likeness (QED) is 0.663. The Morgan fingerprint density at radius 3 is 2.75 bits per heavy atom. The van der Waals surface area contributed by atoms with Gasteiger partial charge in [0.1, 0.15) is 11.3 Å². The molecule has 0 saturated carbocycles. The number of aromatic nitrogens is 3. The number of phenols is 1. The summed E-state index contributed by atoms with van der Waals surface area (Å²) in [5.41, 5.74) is 2.65. The minimum absolute atomic E-state index is 0.0251. The number of aryl methyl sites for hydroxylation is 1. The maximum absolute atomic E-state index is 11.5. The van der Waals surface area contributed by atoms with Crippen molar-refractivity contribution in [3.63, 3.8) is 0 Å². The number of carbonyl (C=O) groups is 1. The number of rotatable bonds is 2. The van der Waals surface area contributed by atoms with Crippen LogP contribution in [0, 0.1) is 6.92 Å².